The Bertz CT molecular complexity index is 414. The van der Waals surface area contributed by atoms with Crippen LogP contribution in [0.1, 0.15) is 24.0 Å². The zero-order valence-corrected chi connectivity index (χ0v) is 12.0. The lowest BCUT2D eigenvalue weighted by atomic mass is 10.3. The molecule has 2 unspecified atom stereocenters. The maximum atomic E-state index is 9.08. The molecule has 2 saturated heterocycles. The number of β-amino-alcohol motifs (C(OH)–C–C–N with tert-alkyl or cyclic N) is 2. The van der Waals surface area contributed by atoms with Crippen LogP contribution in [0.25, 0.3) is 0 Å². The van der Waals surface area contributed by atoms with Crippen LogP contribution in [-0.4, -0.2) is 72.6 Å². The number of nitrogens with zero attached hydrogens (tertiary/aromatic N) is 2. The van der Waals surface area contributed by atoms with Gasteiger partial charge in [-0.2, -0.15) is 0 Å². The lowest BCUT2D eigenvalue weighted by Gasteiger charge is -2.21. The van der Waals surface area contributed by atoms with Gasteiger partial charge >= 0.3 is 0 Å². The van der Waals surface area contributed by atoms with E-state index in [2.05, 4.69) is 0 Å². The van der Waals surface area contributed by atoms with Crippen LogP contribution in [-0.2, 0) is 9.47 Å². The molecule has 0 saturated carbocycles. The van der Waals surface area contributed by atoms with Crippen molar-refractivity contribution in [2.75, 3.05) is 52.6 Å². The molecule has 0 spiro atoms. The highest BCUT2D eigenvalue weighted by Crippen LogP contribution is 2.33. The predicted molar refractivity (Wildman–Crippen MR) is 73.4 cm³/mol. The first-order valence-electron chi connectivity index (χ1n) is 7.36. The largest absolute Gasteiger partial charge is 0.458 e. The molecular formula is C14H22N2O5. The molecular weight excluding hydrogens is 276 g/mol. The number of rotatable bonds is 6. The second-order valence-corrected chi connectivity index (χ2v) is 5.21. The number of hydrogen-bond acceptors (Lipinski definition) is 7. The molecule has 2 aliphatic rings. The summed E-state index contributed by atoms with van der Waals surface area (Å²) in [6.45, 7) is 4.19. The van der Waals surface area contributed by atoms with E-state index in [1.165, 1.54) is 0 Å². The lowest BCUT2D eigenvalue weighted by Crippen LogP contribution is -2.27. The Morgan fingerprint density at radius 1 is 0.905 bits per heavy atom. The Morgan fingerprint density at radius 2 is 1.38 bits per heavy atom. The second kappa shape index (κ2) is 6.87. The number of hydrogen-bond donors (Lipinski definition) is 2. The van der Waals surface area contributed by atoms with Gasteiger partial charge < -0.3 is 24.1 Å². The molecule has 0 amide bonds. The Morgan fingerprint density at radius 3 is 1.81 bits per heavy atom. The maximum absolute atomic E-state index is 9.08. The van der Waals surface area contributed by atoms with E-state index in [9.17, 15) is 0 Å². The fourth-order valence-electron chi connectivity index (χ4n) is 2.88. The summed E-state index contributed by atoms with van der Waals surface area (Å²) < 4.78 is 17.3. The lowest BCUT2D eigenvalue weighted by molar-refractivity contribution is -0.00954. The highest BCUT2D eigenvalue weighted by Gasteiger charge is 2.33. The quantitative estimate of drug-likeness (QED) is 0.761. The predicted octanol–water partition coefficient (Wildman–Crippen LogP) is -0.0742. The average molecular weight is 298 g/mol. The summed E-state index contributed by atoms with van der Waals surface area (Å²) >= 11 is 0. The summed E-state index contributed by atoms with van der Waals surface area (Å²) in [5.74, 6) is 1.46. The molecule has 7 nitrogen and oxygen atoms in total. The summed E-state index contributed by atoms with van der Waals surface area (Å²) in [4.78, 5) is 4.09. The molecule has 3 rings (SSSR count). The molecule has 2 fully saturated rings. The van der Waals surface area contributed by atoms with Gasteiger partial charge in [-0.3, -0.25) is 9.80 Å². The number of ether oxygens (including phenoxy) is 2. The third-order valence-electron chi connectivity index (χ3n) is 3.88. The van der Waals surface area contributed by atoms with Crippen LogP contribution >= 0.6 is 0 Å². The zero-order chi connectivity index (χ0) is 14.7. The molecule has 1 aromatic heterocycles. The van der Waals surface area contributed by atoms with Gasteiger partial charge in [-0.25, -0.2) is 0 Å². The standard InChI is InChI=1S/C14H22N2O5/c17-7-3-15-5-9-19-13(15)11-1-2-12(21-11)14-16(4-8-18)6-10-20-14/h1-2,13-14,17-18H,3-10H2. The minimum atomic E-state index is -0.237. The first-order valence-corrected chi connectivity index (χ1v) is 7.36. The van der Waals surface area contributed by atoms with Gasteiger partial charge in [-0.1, -0.05) is 0 Å². The van der Waals surface area contributed by atoms with Gasteiger partial charge in [0.15, 0.2) is 12.5 Å². The van der Waals surface area contributed by atoms with Crippen molar-refractivity contribution in [1.29, 1.82) is 0 Å². The van der Waals surface area contributed by atoms with Crippen molar-refractivity contribution >= 4 is 0 Å². The molecule has 0 bridgehead atoms. The van der Waals surface area contributed by atoms with E-state index in [1.54, 1.807) is 0 Å². The first-order chi connectivity index (χ1) is 10.3. The van der Waals surface area contributed by atoms with E-state index in [4.69, 9.17) is 24.1 Å². The Balaban J connectivity index is 1.71. The fourth-order valence-corrected chi connectivity index (χ4v) is 2.88. The van der Waals surface area contributed by atoms with Gasteiger partial charge in [-0.05, 0) is 12.1 Å². The molecule has 2 aliphatic heterocycles. The van der Waals surface area contributed by atoms with Gasteiger partial charge in [0.25, 0.3) is 0 Å². The molecule has 3 heterocycles. The summed E-state index contributed by atoms with van der Waals surface area (Å²) in [5, 5.41) is 18.2. The van der Waals surface area contributed by atoms with Crippen molar-refractivity contribution in [3.05, 3.63) is 23.7 Å². The molecule has 0 aliphatic carbocycles. The molecule has 1 aromatic rings. The summed E-state index contributed by atoms with van der Waals surface area (Å²) in [6, 6.07) is 3.79. The molecule has 7 heteroatoms. The van der Waals surface area contributed by atoms with Crippen molar-refractivity contribution in [2.24, 2.45) is 0 Å². The minimum Gasteiger partial charge on any atom is -0.458 e. The van der Waals surface area contributed by atoms with Crippen LogP contribution in [0.2, 0.25) is 0 Å². The van der Waals surface area contributed by atoms with Crippen LogP contribution in [0.4, 0.5) is 0 Å². The van der Waals surface area contributed by atoms with Gasteiger partial charge in [-0.15, -0.1) is 0 Å². The van der Waals surface area contributed by atoms with Crippen LogP contribution in [0, 0.1) is 0 Å². The number of furan rings is 1. The molecule has 2 atom stereocenters. The Hall–Kier alpha value is -0.960. The molecule has 2 N–H and O–H groups in total. The normalized spacial score (nSPS) is 27.7. The minimum absolute atomic E-state index is 0.101. The van der Waals surface area contributed by atoms with Crippen LogP contribution in [0.3, 0.4) is 0 Å². The molecule has 118 valence electrons. The van der Waals surface area contributed by atoms with E-state index in [1.807, 2.05) is 21.9 Å². The van der Waals surface area contributed by atoms with Crippen LogP contribution < -0.4 is 0 Å². The van der Waals surface area contributed by atoms with Crippen molar-refractivity contribution in [3.8, 4) is 0 Å². The van der Waals surface area contributed by atoms with Crippen molar-refractivity contribution in [3.63, 3.8) is 0 Å². The van der Waals surface area contributed by atoms with E-state index < -0.39 is 0 Å². The van der Waals surface area contributed by atoms with E-state index in [-0.39, 0.29) is 25.7 Å². The maximum Gasteiger partial charge on any atom is 0.169 e. The van der Waals surface area contributed by atoms with Gasteiger partial charge in [0.2, 0.25) is 0 Å². The Labute approximate surface area is 123 Å². The number of aliphatic hydroxyl groups excluding tert-OH is 2. The van der Waals surface area contributed by atoms with Gasteiger partial charge in [0.1, 0.15) is 11.5 Å². The summed E-state index contributed by atoms with van der Waals surface area (Å²) in [5.41, 5.74) is 0. The van der Waals surface area contributed by atoms with Crippen LogP contribution in [0.15, 0.2) is 16.5 Å². The third kappa shape index (κ3) is 3.13. The average Bonchev–Trinajstić information content (AvgIpc) is 3.17. The first kappa shape index (κ1) is 15.0. The molecule has 0 aromatic carbocycles. The van der Waals surface area contributed by atoms with E-state index in [0.29, 0.717) is 26.3 Å². The monoisotopic (exact) mass is 298 g/mol. The van der Waals surface area contributed by atoms with Gasteiger partial charge in [0, 0.05) is 26.2 Å². The van der Waals surface area contributed by atoms with Crippen molar-refractivity contribution < 1.29 is 24.1 Å². The second-order valence-electron chi connectivity index (χ2n) is 5.21. The van der Waals surface area contributed by atoms with Crippen molar-refractivity contribution in [2.45, 2.75) is 12.5 Å². The SMILES string of the molecule is OCCN1CCOC1c1ccc(C2OCCN2CCO)o1. The third-order valence-corrected chi connectivity index (χ3v) is 3.88. The van der Waals surface area contributed by atoms with E-state index in [0.717, 1.165) is 24.6 Å². The van der Waals surface area contributed by atoms with Crippen molar-refractivity contribution in [1.82, 2.24) is 9.80 Å². The summed E-state index contributed by atoms with van der Waals surface area (Å²) in [7, 11) is 0. The fraction of sp³-hybridized carbons (Fsp3) is 0.714. The van der Waals surface area contributed by atoms with Crippen LogP contribution in [0.5, 0.6) is 0 Å². The van der Waals surface area contributed by atoms with E-state index >= 15 is 0 Å². The molecule has 21 heavy (non-hydrogen) atoms. The smallest absolute Gasteiger partial charge is 0.169 e. The highest BCUT2D eigenvalue weighted by atomic mass is 16.5. The Kier molecular flexibility index (Phi) is 4.89. The number of aliphatic hydroxyl groups is 2. The molecule has 0 radical (unpaired) electrons. The topological polar surface area (TPSA) is 78.5 Å². The highest BCUT2D eigenvalue weighted by molar-refractivity contribution is 5.12. The zero-order valence-electron chi connectivity index (χ0n) is 12.0. The summed E-state index contributed by atoms with van der Waals surface area (Å²) in [6.07, 6.45) is -0.475. The van der Waals surface area contributed by atoms with Gasteiger partial charge in [0.05, 0.1) is 26.4 Å².